The van der Waals surface area contributed by atoms with Crippen LogP contribution in [0.5, 0.6) is 0 Å². The Morgan fingerprint density at radius 3 is 2.79 bits per heavy atom. The molecule has 106 valence electrons. The Hall–Kier alpha value is -1.11. The molecule has 0 bridgehead atoms. The number of nitrogen functional groups attached to an aromatic ring is 1. The zero-order chi connectivity index (χ0) is 14.0. The second-order valence-corrected chi connectivity index (χ2v) is 6.67. The first-order valence-corrected chi connectivity index (χ1v) is 7.88. The summed E-state index contributed by atoms with van der Waals surface area (Å²) in [4.78, 5) is 0.270. The Balaban J connectivity index is 2.17. The van der Waals surface area contributed by atoms with Gasteiger partial charge in [-0.3, -0.25) is 0 Å². The van der Waals surface area contributed by atoms with Crippen LogP contribution in [0.2, 0.25) is 0 Å². The fourth-order valence-corrected chi connectivity index (χ4v) is 3.85. The van der Waals surface area contributed by atoms with Gasteiger partial charge in [0.25, 0.3) is 0 Å². The molecule has 5 nitrogen and oxygen atoms in total. The van der Waals surface area contributed by atoms with Crippen molar-refractivity contribution in [2.75, 3.05) is 12.3 Å². The highest BCUT2D eigenvalue weighted by Crippen LogP contribution is 2.20. The van der Waals surface area contributed by atoms with Gasteiger partial charge in [-0.25, -0.2) is 13.1 Å². The van der Waals surface area contributed by atoms with E-state index < -0.39 is 10.0 Å². The molecule has 3 N–H and O–H groups in total. The summed E-state index contributed by atoms with van der Waals surface area (Å²) >= 11 is 0. The third kappa shape index (κ3) is 3.26. The summed E-state index contributed by atoms with van der Waals surface area (Å²) in [5, 5.41) is 0. The van der Waals surface area contributed by atoms with Gasteiger partial charge in [0.05, 0.1) is 11.0 Å². The fourth-order valence-electron chi connectivity index (χ4n) is 2.36. The van der Waals surface area contributed by atoms with Crippen LogP contribution in [-0.2, 0) is 14.8 Å². The summed E-state index contributed by atoms with van der Waals surface area (Å²) in [7, 11) is -3.53. The third-order valence-corrected chi connectivity index (χ3v) is 5.07. The van der Waals surface area contributed by atoms with E-state index in [4.69, 9.17) is 10.5 Å². The lowest BCUT2D eigenvalue weighted by Crippen LogP contribution is -2.40. The first-order valence-electron chi connectivity index (χ1n) is 6.40. The predicted molar refractivity (Wildman–Crippen MR) is 74.3 cm³/mol. The molecule has 0 aromatic heterocycles. The minimum Gasteiger partial charge on any atom is -0.399 e. The monoisotopic (exact) mass is 284 g/mol. The molecule has 2 atom stereocenters. The van der Waals surface area contributed by atoms with Crippen molar-refractivity contribution in [1.29, 1.82) is 0 Å². The van der Waals surface area contributed by atoms with Gasteiger partial charge in [0.15, 0.2) is 0 Å². The van der Waals surface area contributed by atoms with Crippen LogP contribution in [0.3, 0.4) is 0 Å². The lowest BCUT2D eigenvalue weighted by molar-refractivity contribution is 0.0902. The Labute approximate surface area is 114 Å². The van der Waals surface area contributed by atoms with Crippen molar-refractivity contribution in [3.8, 4) is 0 Å². The van der Waals surface area contributed by atoms with Gasteiger partial charge < -0.3 is 10.5 Å². The first-order chi connectivity index (χ1) is 8.90. The molecule has 19 heavy (non-hydrogen) atoms. The van der Waals surface area contributed by atoms with Gasteiger partial charge in [0.1, 0.15) is 0 Å². The van der Waals surface area contributed by atoms with Crippen LogP contribution >= 0.6 is 0 Å². The summed E-state index contributed by atoms with van der Waals surface area (Å²) in [6, 6.07) is 4.56. The van der Waals surface area contributed by atoms with Gasteiger partial charge in [0.2, 0.25) is 10.0 Å². The Bertz CT molecular complexity index is 551. The van der Waals surface area contributed by atoms with Crippen molar-refractivity contribution in [3.63, 3.8) is 0 Å². The smallest absolute Gasteiger partial charge is 0.241 e. The van der Waals surface area contributed by atoms with Crippen LogP contribution in [0.15, 0.2) is 23.1 Å². The molecule has 2 rings (SSSR count). The number of aryl methyl sites for hydroxylation is 1. The molecule has 1 aliphatic heterocycles. The van der Waals surface area contributed by atoms with Crippen LogP contribution in [0.25, 0.3) is 0 Å². The van der Waals surface area contributed by atoms with E-state index >= 15 is 0 Å². The molecule has 1 saturated heterocycles. The van der Waals surface area contributed by atoms with Gasteiger partial charge in [-0.05, 0) is 50.5 Å². The highest BCUT2D eigenvalue weighted by Gasteiger charge is 2.27. The lowest BCUT2D eigenvalue weighted by Gasteiger charge is -2.20. The van der Waals surface area contributed by atoms with E-state index in [1.54, 1.807) is 19.1 Å². The van der Waals surface area contributed by atoms with E-state index in [0.717, 1.165) is 12.8 Å². The Morgan fingerprint density at radius 2 is 2.21 bits per heavy atom. The number of rotatable bonds is 4. The second kappa shape index (κ2) is 5.48. The quantitative estimate of drug-likeness (QED) is 0.819. The number of benzene rings is 1. The number of ether oxygens (including phenoxy) is 1. The van der Waals surface area contributed by atoms with Gasteiger partial charge in [-0.2, -0.15) is 0 Å². The predicted octanol–water partition coefficient (Wildman–Crippen LogP) is 1.42. The molecule has 0 saturated carbocycles. The van der Waals surface area contributed by atoms with Crippen molar-refractivity contribution < 1.29 is 13.2 Å². The SMILES string of the molecule is Cc1cc(N)ccc1S(=O)(=O)NC(C)C1CCCO1. The van der Waals surface area contributed by atoms with Gasteiger partial charge in [-0.1, -0.05) is 0 Å². The molecule has 0 spiro atoms. The maximum absolute atomic E-state index is 12.3. The molecule has 2 unspecified atom stereocenters. The zero-order valence-electron chi connectivity index (χ0n) is 11.2. The van der Waals surface area contributed by atoms with Crippen molar-refractivity contribution in [2.24, 2.45) is 0 Å². The van der Waals surface area contributed by atoms with Gasteiger partial charge in [0, 0.05) is 18.3 Å². The fraction of sp³-hybridized carbons (Fsp3) is 0.538. The van der Waals surface area contributed by atoms with Gasteiger partial charge in [-0.15, -0.1) is 0 Å². The third-order valence-electron chi connectivity index (χ3n) is 3.35. The molecule has 1 aromatic rings. The highest BCUT2D eigenvalue weighted by atomic mass is 32.2. The minimum atomic E-state index is -3.53. The Kier molecular flexibility index (Phi) is 4.13. The number of nitrogens with one attached hydrogen (secondary N) is 1. The summed E-state index contributed by atoms with van der Waals surface area (Å²) in [5.41, 5.74) is 6.84. The number of hydrogen-bond donors (Lipinski definition) is 2. The number of anilines is 1. The summed E-state index contributed by atoms with van der Waals surface area (Å²) in [5.74, 6) is 0. The molecule has 0 amide bonds. The molecule has 0 radical (unpaired) electrons. The second-order valence-electron chi connectivity index (χ2n) is 4.99. The normalized spacial score (nSPS) is 21.5. The number of hydrogen-bond acceptors (Lipinski definition) is 4. The maximum Gasteiger partial charge on any atom is 0.241 e. The topological polar surface area (TPSA) is 81.4 Å². The summed E-state index contributed by atoms with van der Waals surface area (Å²) in [6.07, 6.45) is 1.84. The standard InChI is InChI=1S/C13H20N2O3S/c1-9-8-11(14)5-6-13(9)19(16,17)15-10(2)12-4-3-7-18-12/h5-6,8,10,12,15H,3-4,7,14H2,1-2H3. The van der Waals surface area contributed by atoms with Crippen molar-refractivity contribution >= 4 is 15.7 Å². The highest BCUT2D eigenvalue weighted by molar-refractivity contribution is 7.89. The lowest BCUT2D eigenvalue weighted by atomic mass is 10.1. The van der Waals surface area contributed by atoms with E-state index in [-0.39, 0.29) is 17.0 Å². The maximum atomic E-state index is 12.3. The molecular formula is C13H20N2O3S. The molecule has 0 aliphatic carbocycles. The molecule has 1 heterocycles. The summed E-state index contributed by atoms with van der Waals surface area (Å²) in [6.45, 7) is 4.28. The average Bonchev–Trinajstić information content (AvgIpc) is 2.80. The molecule has 1 fully saturated rings. The minimum absolute atomic E-state index is 0.0381. The zero-order valence-corrected chi connectivity index (χ0v) is 12.0. The molecule has 6 heteroatoms. The summed E-state index contributed by atoms with van der Waals surface area (Å²) < 4.78 is 32.8. The molecular weight excluding hydrogens is 264 g/mol. The van der Waals surface area contributed by atoms with E-state index in [1.165, 1.54) is 6.07 Å². The first kappa shape index (κ1) is 14.3. The van der Waals surface area contributed by atoms with E-state index in [0.29, 0.717) is 17.9 Å². The van der Waals surface area contributed by atoms with Crippen molar-refractivity contribution in [3.05, 3.63) is 23.8 Å². The van der Waals surface area contributed by atoms with Crippen LogP contribution in [0, 0.1) is 6.92 Å². The molecule has 1 aliphatic rings. The van der Waals surface area contributed by atoms with Crippen LogP contribution in [0.1, 0.15) is 25.3 Å². The van der Waals surface area contributed by atoms with Crippen molar-refractivity contribution in [2.45, 2.75) is 43.7 Å². The number of sulfonamides is 1. The average molecular weight is 284 g/mol. The van der Waals surface area contributed by atoms with E-state index in [1.807, 2.05) is 6.92 Å². The van der Waals surface area contributed by atoms with Crippen molar-refractivity contribution in [1.82, 2.24) is 4.72 Å². The van der Waals surface area contributed by atoms with Gasteiger partial charge >= 0.3 is 0 Å². The van der Waals surface area contributed by atoms with Crippen LogP contribution < -0.4 is 10.5 Å². The van der Waals surface area contributed by atoms with Crippen LogP contribution in [0.4, 0.5) is 5.69 Å². The molecule has 1 aromatic carbocycles. The largest absolute Gasteiger partial charge is 0.399 e. The van der Waals surface area contributed by atoms with Crippen LogP contribution in [-0.4, -0.2) is 27.2 Å². The van der Waals surface area contributed by atoms with E-state index in [2.05, 4.69) is 4.72 Å². The van der Waals surface area contributed by atoms with E-state index in [9.17, 15) is 8.42 Å². The Morgan fingerprint density at radius 1 is 1.47 bits per heavy atom. The number of nitrogens with two attached hydrogens (primary N) is 1.